The molecule has 0 spiro atoms. The SMILES string of the molecule is CC1=[N+](C)CC(C)N1C.CC1=[N+](C)CC(C)N1C.CCCCC(CC)COP(=O)([O-])[O-]. The van der Waals surface area contributed by atoms with Gasteiger partial charge in [0, 0.05) is 13.8 Å². The van der Waals surface area contributed by atoms with Crippen molar-refractivity contribution < 1.29 is 28.0 Å². The summed E-state index contributed by atoms with van der Waals surface area (Å²) in [6.45, 7) is 15.2. The van der Waals surface area contributed by atoms with Gasteiger partial charge in [-0.3, -0.25) is 19.0 Å². The van der Waals surface area contributed by atoms with E-state index in [4.69, 9.17) is 0 Å². The van der Waals surface area contributed by atoms with Gasteiger partial charge < -0.3 is 18.9 Å². The lowest BCUT2D eigenvalue weighted by atomic mass is 10.0. The van der Waals surface area contributed by atoms with Crippen LogP contribution in [-0.4, -0.2) is 90.6 Å². The van der Waals surface area contributed by atoms with Crippen LogP contribution in [0.15, 0.2) is 0 Å². The average molecular weight is 463 g/mol. The maximum atomic E-state index is 10.2. The minimum absolute atomic E-state index is 0.0424. The summed E-state index contributed by atoms with van der Waals surface area (Å²) in [5.41, 5.74) is 0. The lowest BCUT2D eigenvalue weighted by molar-refractivity contribution is -0.490. The molecular formula is C22H47N4O4P. The summed E-state index contributed by atoms with van der Waals surface area (Å²) in [6, 6.07) is 1.38. The van der Waals surface area contributed by atoms with E-state index in [1.807, 2.05) is 6.92 Å². The molecule has 3 unspecified atom stereocenters. The molecule has 0 fully saturated rings. The Kier molecular flexibility index (Phi) is 13.8. The first-order chi connectivity index (χ1) is 14.2. The number of hydrogen-bond donors (Lipinski definition) is 0. The van der Waals surface area contributed by atoms with E-state index in [0.29, 0.717) is 12.1 Å². The highest BCUT2D eigenvalue weighted by Crippen LogP contribution is 2.27. The van der Waals surface area contributed by atoms with Gasteiger partial charge in [-0.1, -0.05) is 33.1 Å². The summed E-state index contributed by atoms with van der Waals surface area (Å²) >= 11 is 0. The highest BCUT2D eigenvalue weighted by Gasteiger charge is 2.28. The molecule has 0 aliphatic carbocycles. The number of nitrogens with zero attached hydrogens (tertiary/aromatic N) is 4. The zero-order valence-electron chi connectivity index (χ0n) is 21.6. The number of phosphoric ester groups is 1. The summed E-state index contributed by atoms with van der Waals surface area (Å²) in [6.07, 6.45) is 3.89. The molecule has 8 nitrogen and oxygen atoms in total. The molecule has 2 aliphatic heterocycles. The smallest absolute Gasteiger partial charge is 0.243 e. The Morgan fingerprint density at radius 3 is 1.65 bits per heavy atom. The second-order valence-corrected chi connectivity index (χ2v) is 10.1. The van der Waals surface area contributed by atoms with Gasteiger partial charge in [0.1, 0.15) is 25.2 Å². The summed E-state index contributed by atoms with van der Waals surface area (Å²) in [7, 11) is 3.79. The molecule has 0 amide bonds. The normalized spacial score (nSPS) is 22.3. The Morgan fingerprint density at radius 1 is 1.03 bits per heavy atom. The third-order valence-corrected chi connectivity index (χ3v) is 7.00. The maximum Gasteiger partial charge on any atom is 0.243 e. The number of phosphoric acid groups is 1. The van der Waals surface area contributed by atoms with Crippen LogP contribution < -0.4 is 9.79 Å². The Balaban J connectivity index is 0.000000445. The number of hydrogen-bond acceptors (Lipinski definition) is 6. The lowest BCUT2D eigenvalue weighted by Crippen LogP contribution is -2.28. The highest BCUT2D eigenvalue weighted by molar-refractivity contribution is 7.43. The molecular weight excluding hydrogens is 415 g/mol. The van der Waals surface area contributed by atoms with Crippen molar-refractivity contribution in [2.75, 3.05) is 47.9 Å². The first-order valence-electron chi connectivity index (χ1n) is 11.5. The maximum absolute atomic E-state index is 10.2. The van der Waals surface area contributed by atoms with E-state index < -0.39 is 7.82 Å². The molecule has 0 saturated carbocycles. The van der Waals surface area contributed by atoms with E-state index in [2.05, 4.69) is 86.3 Å². The van der Waals surface area contributed by atoms with E-state index >= 15 is 0 Å². The number of amidine groups is 2. The number of likely N-dealkylation sites (N-methyl/N-ethyl adjacent to an activating group) is 4. The van der Waals surface area contributed by atoms with Crippen LogP contribution in [0, 0.1) is 5.92 Å². The van der Waals surface area contributed by atoms with Gasteiger partial charge in [-0.15, -0.1) is 0 Å². The van der Waals surface area contributed by atoms with Gasteiger partial charge in [0.05, 0.1) is 42.6 Å². The van der Waals surface area contributed by atoms with E-state index in [1.54, 1.807) is 0 Å². The number of unbranched alkanes of at least 4 members (excludes halogenated alkanes) is 1. The van der Waals surface area contributed by atoms with Crippen LogP contribution in [0.4, 0.5) is 0 Å². The summed E-state index contributed by atoms with van der Waals surface area (Å²) in [5.74, 6) is 2.95. The fraction of sp³-hybridized carbons (Fsp3) is 0.909. The van der Waals surface area contributed by atoms with Crippen molar-refractivity contribution in [3.63, 3.8) is 0 Å². The molecule has 0 aromatic carbocycles. The minimum atomic E-state index is -4.76. The van der Waals surface area contributed by atoms with Gasteiger partial charge in [0.15, 0.2) is 0 Å². The van der Waals surface area contributed by atoms with Crippen molar-refractivity contribution in [3.05, 3.63) is 0 Å². The quantitative estimate of drug-likeness (QED) is 0.424. The predicted octanol–water partition coefficient (Wildman–Crippen LogP) is 1.81. The largest absolute Gasteiger partial charge is 0.790 e. The van der Waals surface area contributed by atoms with Crippen LogP contribution in [0.3, 0.4) is 0 Å². The van der Waals surface area contributed by atoms with Gasteiger partial charge in [-0.25, -0.2) is 0 Å². The average Bonchev–Trinajstić information content (AvgIpc) is 3.05. The molecule has 2 aliphatic rings. The molecule has 0 N–H and O–H groups in total. The van der Waals surface area contributed by atoms with Crippen molar-refractivity contribution >= 4 is 19.5 Å². The number of rotatable bonds is 7. The van der Waals surface area contributed by atoms with E-state index in [9.17, 15) is 14.4 Å². The fourth-order valence-electron chi connectivity index (χ4n) is 3.57. The topological polar surface area (TPSA) is 84.9 Å². The zero-order valence-corrected chi connectivity index (χ0v) is 22.4. The van der Waals surface area contributed by atoms with Crippen LogP contribution >= 0.6 is 7.82 Å². The highest BCUT2D eigenvalue weighted by atomic mass is 31.2. The molecule has 0 saturated heterocycles. The van der Waals surface area contributed by atoms with E-state index in [0.717, 1.165) is 25.7 Å². The van der Waals surface area contributed by atoms with Crippen LogP contribution in [0.25, 0.3) is 0 Å². The van der Waals surface area contributed by atoms with Gasteiger partial charge in [0.25, 0.3) is 0 Å². The van der Waals surface area contributed by atoms with Gasteiger partial charge >= 0.3 is 0 Å². The van der Waals surface area contributed by atoms with Gasteiger partial charge in [-0.05, 0) is 26.2 Å². The predicted molar refractivity (Wildman–Crippen MR) is 125 cm³/mol. The summed E-state index contributed by atoms with van der Waals surface area (Å²) in [4.78, 5) is 25.0. The van der Waals surface area contributed by atoms with Crippen LogP contribution in [-0.2, 0) is 9.09 Å². The molecule has 0 radical (unpaired) electrons. The molecule has 31 heavy (non-hydrogen) atoms. The fourth-order valence-corrected chi connectivity index (χ4v) is 3.97. The van der Waals surface area contributed by atoms with Crippen molar-refractivity contribution in [1.82, 2.24) is 9.80 Å². The first-order valence-corrected chi connectivity index (χ1v) is 12.9. The molecule has 0 bridgehead atoms. The van der Waals surface area contributed by atoms with Crippen LogP contribution in [0.5, 0.6) is 0 Å². The molecule has 0 aromatic heterocycles. The summed E-state index contributed by atoms with van der Waals surface area (Å²) in [5, 5.41) is 0. The second kappa shape index (κ2) is 14.2. The Morgan fingerprint density at radius 2 is 1.45 bits per heavy atom. The minimum Gasteiger partial charge on any atom is -0.790 e. The molecule has 2 rings (SSSR count). The molecule has 0 aromatic rings. The molecule has 3 atom stereocenters. The second-order valence-electron chi connectivity index (χ2n) is 8.93. The molecule has 184 valence electrons. The monoisotopic (exact) mass is 462 g/mol. The molecule has 2 heterocycles. The van der Waals surface area contributed by atoms with E-state index in [1.165, 1.54) is 24.8 Å². The van der Waals surface area contributed by atoms with Crippen molar-refractivity contribution in [2.45, 2.75) is 79.3 Å². The third kappa shape index (κ3) is 11.5. The van der Waals surface area contributed by atoms with Crippen molar-refractivity contribution in [3.8, 4) is 0 Å². The Hall–Kier alpha value is -0.950. The van der Waals surface area contributed by atoms with Crippen molar-refractivity contribution in [2.24, 2.45) is 5.92 Å². The van der Waals surface area contributed by atoms with Gasteiger partial charge in [-0.2, -0.15) is 0 Å². The first kappa shape index (κ1) is 30.0. The Labute approximate surface area is 190 Å². The van der Waals surface area contributed by atoms with Crippen LogP contribution in [0.1, 0.15) is 67.2 Å². The Bertz CT molecular complexity index is 611. The standard InChI is InChI=1S/C8H19O4P.2C7H15N2/c1-3-5-6-8(4-2)7-12-13(9,10)11;2*1-6-5-8(3)7(2)9(6)4/h8H,3-7H2,1-2H3,(H2,9,10,11);2*6H,5H2,1-4H3/q;2*+1/p-2. The summed E-state index contributed by atoms with van der Waals surface area (Å²) < 4.78 is 19.0. The third-order valence-electron chi connectivity index (χ3n) is 6.54. The van der Waals surface area contributed by atoms with Gasteiger partial charge in [0.2, 0.25) is 11.7 Å². The molecule has 9 heteroatoms. The zero-order chi connectivity index (χ0) is 24.4. The van der Waals surface area contributed by atoms with E-state index in [-0.39, 0.29) is 12.5 Å². The van der Waals surface area contributed by atoms with Crippen LogP contribution in [0.2, 0.25) is 0 Å². The van der Waals surface area contributed by atoms with Crippen molar-refractivity contribution in [1.29, 1.82) is 0 Å². The lowest BCUT2D eigenvalue weighted by Gasteiger charge is -2.30.